The van der Waals surface area contributed by atoms with Gasteiger partial charge < -0.3 is 14.0 Å². The van der Waals surface area contributed by atoms with E-state index in [1.807, 2.05) is 47.4 Å². The second kappa shape index (κ2) is 12.2. The zero-order valence-corrected chi connectivity index (χ0v) is 23.8. The van der Waals surface area contributed by atoms with E-state index in [4.69, 9.17) is 14.5 Å². The van der Waals surface area contributed by atoms with Gasteiger partial charge in [-0.15, -0.1) is 0 Å². The van der Waals surface area contributed by atoms with E-state index in [2.05, 4.69) is 22.9 Å². The minimum atomic E-state index is -0.307. The molecular formula is C33H32FN3O3S. The molecule has 1 aliphatic carbocycles. The summed E-state index contributed by atoms with van der Waals surface area (Å²) < 4.78 is 27.1. The van der Waals surface area contributed by atoms with Crippen molar-refractivity contribution >= 4 is 45.5 Å². The van der Waals surface area contributed by atoms with Gasteiger partial charge in [-0.1, -0.05) is 49.6 Å². The summed E-state index contributed by atoms with van der Waals surface area (Å²) in [4.78, 5) is 21.2. The summed E-state index contributed by atoms with van der Waals surface area (Å²) in [6.07, 6.45) is 9.39. The van der Waals surface area contributed by atoms with Gasteiger partial charge >= 0.3 is 0 Å². The lowest BCUT2D eigenvalue weighted by molar-refractivity contribution is -0.124. The molecule has 3 aromatic carbocycles. The maximum Gasteiger partial charge on any atom is 0.267 e. The molecule has 4 aromatic rings. The average molecular weight is 570 g/mol. The van der Waals surface area contributed by atoms with Crippen molar-refractivity contribution in [3.8, 4) is 11.5 Å². The standard InChI is InChI=1S/C33H32FN3O3S/c1-39-29-13-7-8-14-30(29)40-20-19-36-22-23(27-11-5-6-12-28(27)36)21-31-32(38)37(26-9-3-2-4-10-26)33(41-31)35-25-17-15-24(34)16-18-25/h5-8,11-18,21-22,26H,2-4,9-10,19-20H2,1H3/b31-21+,35-33?. The highest BCUT2D eigenvalue weighted by molar-refractivity contribution is 8.18. The highest BCUT2D eigenvalue weighted by Crippen LogP contribution is 2.39. The van der Waals surface area contributed by atoms with Crippen LogP contribution in [0, 0.1) is 5.82 Å². The number of carbonyl (C=O) groups excluding carboxylic acids is 1. The number of para-hydroxylation sites is 3. The molecule has 6 rings (SSSR count). The van der Waals surface area contributed by atoms with Gasteiger partial charge in [-0.25, -0.2) is 9.38 Å². The topological polar surface area (TPSA) is 56.1 Å². The molecule has 0 atom stereocenters. The number of amidine groups is 1. The Hall–Kier alpha value is -4.04. The van der Waals surface area contributed by atoms with E-state index in [0.29, 0.717) is 40.4 Å². The van der Waals surface area contributed by atoms with Gasteiger partial charge in [0.25, 0.3) is 5.91 Å². The number of halogens is 1. The largest absolute Gasteiger partial charge is 0.493 e. The fraction of sp³-hybridized carbons (Fsp3) is 0.273. The molecule has 210 valence electrons. The van der Waals surface area contributed by atoms with Gasteiger partial charge in [0.2, 0.25) is 0 Å². The maximum atomic E-state index is 13.9. The Bertz CT molecular complexity index is 1610. The molecule has 1 amide bonds. The number of aromatic nitrogens is 1. The molecule has 0 unspecified atom stereocenters. The minimum absolute atomic E-state index is 0.0147. The smallest absolute Gasteiger partial charge is 0.267 e. The van der Waals surface area contributed by atoms with Crippen molar-refractivity contribution in [1.82, 2.24) is 9.47 Å². The average Bonchev–Trinajstić information content (AvgIpc) is 3.51. The highest BCUT2D eigenvalue weighted by atomic mass is 32.2. The number of hydrogen-bond donors (Lipinski definition) is 0. The number of methoxy groups -OCH3 is 1. The lowest BCUT2D eigenvalue weighted by atomic mass is 9.94. The summed E-state index contributed by atoms with van der Waals surface area (Å²) in [5.74, 6) is 1.09. The van der Waals surface area contributed by atoms with Crippen LogP contribution in [0.1, 0.15) is 37.7 Å². The first-order valence-electron chi connectivity index (χ1n) is 14.0. The SMILES string of the molecule is COc1ccccc1OCCn1cc(/C=C2/SC(=Nc3ccc(F)cc3)N(C3CCCCC3)C2=O)c2ccccc21. The van der Waals surface area contributed by atoms with Crippen molar-refractivity contribution in [2.45, 2.75) is 44.7 Å². The van der Waals surface area contributed by atoms with Crippen molar-refractivity contribution in [2.24, 2.45) is 4.99 Å². The molecule has 0 spiro atoms. The Labute approximate surface area is 243 Å². The lowest BCUT2D eigenvalue weighted by Gasteiger charge is -2.30. The predicted molar refractivity (Wildman–Crippen MR) is 163 cm³/mol. The molecule has 1 aromatic heterocycles. The van der Waals surface area contributed by atoms with Gasteiger partial charge in [-0.05, 0) is 73.1 Å². The number of amides is 1. The normalized spacial score (nSPS) is 18.1. The van der Waals surface area contributed by atoms with E-state index in [9.17, 15) is 9.18 Å². The molecule has 1 aliphatic heterocycles. The van der Waals surface area contributed by atoms with Crippen molar-refractivity contribution in [1.29, 1.82) is 0 Å². The fourth-order valence-electron chi connectivity index (χ4n) is 5.56. The molecule has 2 aliphatic rings. The first kappa shape index (κ1) is 27.1. The number of nitrogens with zero attached hydrogens (tertiary/aromatic N) is 3. The van der Waals surface area contributed by atoms with E-state index in [1.54, 1.807) is 19.2 Å². The van der Waals surface area contributed by atoms with Crippen LogP contribution in [0.25, 0.3) is 17.0 Å². The monoisotopic (exact) mass is 569 g/mol. The summed E-state index contributed by atoms with van der Waals surface area (Å²) in [6, 6.07) is 22.0. The van der Waals surface area contributed by atoms with Gasteiger partial charge in [0.15, 0.2) is 16.7 Å². The zero-order valence-electron chi connectivity index (χ0n) is 23.0. The van der Waals surface area contributed by atoms with Crippen LogP contribution in [0.3, 0.4) is 0 Å². The van der Waals surface area contributed by atoms with Crippen LogP contribution in [0.2, 0.25) is 0 Å². The van der Waals surface area contributed by atoms with E-state index < -0.39 is 0 Å². The highest BCUT2D eigenvalue weighted by Gasteiger charge is 2.38. The van der Waals surface area contributed by atoms with Crippen molar-refractivity contribution in [3.05, 3.63) is 95.3 Å². The van der Waals surface area contributed by atoms with Crippen LogP contribution >= 0.6 is 11.8 Å². The molecule has 0 bridgehead atoms. The zero-order chi connectivity index (χ0) is 28.2. The number of carbonyl (C=O) groups is 1. The number of hydrogen-bond acceptors (Lipinski definition) is 5. The van der Waals surface area contributed by atoms with Crippen LogP contribution in [-0.4, -0.2) is 40.3 Å². The van der Waals surface area contributed by atoms with E-state index in [1.165, 1.54) is 30.3 Å². The molecule has 8 heteroatoms. The molecule has 1 saturated carbocycles. The Morgan fingerprint density at radius 3 is 2.49 bits per heavy atom. The fourth-order valence-corrected chi connectivity index (χ4v) is 6.61. The second-order valence-electron chi connectivity index (χ2n) is 10.2. The lowest BCUT2D eigenvalue weighted by Crippen LogP contribution is -2.40. The third kappa shape index (κ3) is 5.88. The quantitative estimate of drug-likeness (QED) is 0.203. The Morgan fingerprint density at radius 1 is 0.976 bits per heavy atom. The summed E-state index contributed by atoms with van der Waals surface area (Å²) in [5, 5.41) is 1.73. The van der Waals surface area contributed by atoms with Gasteiger partial charge in [0.1, 0.15) is 12.4 Å². The van der Waals surface area contributed by atoms with Gasteiger partial charge in [0, 0.05) is 28.7 Å². The molecule has 2 heterocycles. The van der Waals surface area contributed by atoms with Crippen molar-refractivity contribution < 1.29 is 18.7 Å². The van der Waals surface area contributed by atoms with Gasteiger partial charge in [-0.2, -0.15) is 0 Å². The number of thioether (sulfide) groups is 1. The first-order chi connectivity index (χ1) is 20.1. The molecule has 0 radical (unpaired) electrons. The third-order valence-electron chi connectivity index (χ3n) is 7.59. The summed E-state index contributed by atoms with van der Waals surface area (Å²) in [5.41, 5.74) is 2.68. The molecule has 1 saturated heterocycles. The number of fused-ring (bicyclic) bond motifs is 1. The van der Waals surface area contributed by atoms with Gasteiger partial charge in [-0.3, -0.25) is 9.69 Å². The van der Waals surface area contributed by atoms with Crippen LogP contribution in [0.15, 0.2) is 88.9 Å². The summed E-state index contributed by atoms with van der Waals surface area (Å²) in [6.45, 7) is 1.10. The molecule has 6 nitrogen and oxygen atoms in total. The number of ether oxygens (including phenoxy) is 2. The number of benzene rings is 3. The summed E-state index contributed by atoms with van der Waals surface area (Å²) in [7, 11) is 1.63. The maximum absolute atomic E-state index is 13.9. The van der Waals surface area contributed by atoms with Crippen LogP contribution in [0.4, 0.5) is 10.1 Å². The summed E-state index contributed by atoms with van der Waals surface area (Å²) >= 11 is 1.40. The number of rotatable bonds is 8. The minimum Gasteiger partial charge on any atom is -0.493 e. The third-order valence-corrected chi connectivity index (χ3v) is 8.58. The first-order valence-corrected chi connectivity index (χ1v) is 14.8. The molecule has 2 fully saturated rings. The Balaban J connectivity index is 1.29. The predicted octanol–water partition coefficient (Wildman–Crippen LogP) is 7.80. The molecule has 0 N–H and O–H groups in total. The Morgan fingerprint density at radius 2 is 1.71 bits per heavy atom. The van der Waals surface area contributed by atoms with Crippen molar-refractivity contribution in [2.75, 3.05) is 13.7 Å². The Kier molecular flexibility index (Phi) is 8.09. The molecular weight excluding hydrogens is 537 g/mol. The van der Waals surface area contributed by atoms with Crippen LogP contribution in [-0.2, 0) is 11.3 Å². The van der Waals surface area contributed by atoms with E-state index >= 15 is 0 Å². The second-order valence-corrected chi connectivity index (χ2v) is 11.3. The van der Waals surface area contributed by atoms with E-state index in [0.717, 1.165) is 42.1 Å². The van der Waals surface area contributed by atoms with Crippen LogP contribution in [0.5, 0.6) is 11.5 Å². The van der Waals surface area contributed by atoms with Gasteiger partial charge in [0.05, 0.1) is 24.2 Å². The van der Waals surface area contributed by atoms with E-state index in [-0.39, 0.29) is 17.8 Å². The van der Waals surface area contributed by atoms with Crippen LogP contribution < -0.4 is 9.47 Å². The molecule has 41 heavy (non-hydrogen) atoms. The van der Waals surface area contributed by atoms with Crippen molar-refractivity contribution in [3.63, 3.8) is 0 Å². The number of aliphatic imine (C=N–C) groups is 1.